The number of hydrogen-bond donors (Lipinski definition) is 0. The fraction of sp³-hybridized carbons (Fsp3) is 0.200. The minimum Gasteiger partial charge on any atom is -0.342 e. The van der Waals surface area contributed by atoms with Crippen molar-refractivity contribution in [2.75, 3.05) is 0 Å². The first-order valence-electron chi connectivity index (χ1n) is 4.14. The Morgan fingerprint density at radius 1 is 1.29 bits per heavy atom. The molecule has 4 heteroatoms. The highest BCUT2D eigenvalue weighted by Crippen LogP contribution is 2.35. The molecule has 1 nitrogen and oxygen atoms in total. The van der Waals surface area contributed by atoms with Crippen LogP contribution in [0.2, 0.25) is 0 Å². The zero-order chi connectivity index (χ0) is 10.3. The van der Waals surface area contributed by atoms with Crippen molar-refractivity contribution in [3.63, 3.8) is 0 Å². The summed E-state index contributed by atoms with van der Waals surface area (Å²) in [5.74, 6) is 0. The SMILES string of the molecule is Cn1c(C(F)F)c(Br)c2ccccc21. The zero-order valence-corrected chi connectivity index (χ0v) is 9.05. The summed E-state index contributed by atoms with van der Waals surface area (Å²) in [5.41, 5.74) is 0.848. The second-order valence-electron chi connectivity index (χ2n) is 3.08. The maximum atomic E-state index is 12.7. The average molecular weight is 260 g/mol. The van der Waals surface area contributed by atoms with Crippen LogP contribution in [-0.2, 0) is 7.05 Å². The van der Waals surface area contributed by atoms with Crippen LogP contribution in [-0.4, -0.2) is 4.57 Å². The minimum absolute atomic E-state index is 0.0335. The molecule has 0 aliphatic heterocycles. The summed E-state index contributed by atoms with van der Waals surface area (Å²) in [6.45, 7) is 0. The van der Waals surface area contributed by atoms with Crippen molar-refractivity contribution >= 4 is 26.8 Å². The van der Waals surface area contributed by atoms with Crippen LogP contribution >= 0.6 is 15.9 Å². The largest absolute Gasteiger partial charge is 0.342 e. The second kappa shape index (κ2) is 3.35. The second-order valence-corrected chi connectivity index (χ2v) is 3.87. The molecule has 0 aliphatic rings. The van der Waals surface area contributed by atoms with Gasteiger partial charge in [-0.15, -0.1) is 0 Å². The molecule has 1 heterocycles. The topological polar surface area (TPSA) is 4.93 Å². The summed E-state index contributed by atoms with van der Waals surface area (Å²) in [4.78, 5) is 0. The van der Waals surface area contributed by atoms with E-state index >= 15 is 0 Å². The summed E-state index contributed by atoms with van der Waals surface area (Å²) in [7, 11) is 1.65. The molecule has 74 valence electrons. The Labute approximate surface area is 88.5 Å². The molecule has 0 radical (unpaired) electrons. The van der Waals surface area contributed by atoms with Crippen LogP contribution in [0.3, 0.4) is 0 Å². The average Bonchev–Trinajstić information content (AvgIpc) is 2.41. The van der Waals surface area contributed by atoms with Crippen molar-refractivity contribution in [2.24, 2.45) is 7.05 Å². The van der Waals surface area contributed by atoms with Gasteiger partial charge in [0.1, 0.15) is 0 Å². The van der Waals surface area contributed by atoms with Gasteiger partial charge in [-0.1, -0.05) is 18.2 Å². The van der Waals surface area contributed by atoms with Gasteiger partial charge in [-0.2, -0.15) is 0 Å². The third-order valence-electron chi connectivity index (χ3n) is 2.29. The normalized spacial score (nSPS) is 11.5. The van der Waals surface area contributed by atoms with Crippen LogP contribution in [0.25, 0.3) is 10.9 Å². The van der Waals surface area contributed by atoms with Gasteiger partial charge in [-0.25, -0.2) is 8.78 Å². The monoisotopic (exact) mass is 259 g/mol. The number of aryl methyl sites for hydroxylation is 1. The molecule has 0 fully saturated rings. The van der Waals surface area contributed by atoms with Crippen molar-refractivity contribution < 1.29 is 8.78 Å². The molecular formula is C10H8BrF2N. The third-order valence-corrected chi connectivity index (χ3v) is 3.13. The van der Waals surface area contributed by atoms with E-state index in [1.807, 2.05) is 24.3 Å². The lowest BCUT2D eigenvalue weighted by molar-refractivity contribution is 0.142. The quantitative estimate of drug-likeness (QED) is 0.733. The van der Waals surface area contributed by atoms with Crippen molar-refractivity contribution in [2.45, 2.75) is 6.43 Å². The Morgan fingerprint density at radius 3 is 2.50 bits per heavy atom. The first kappa shape index (κ1) is 9.65. The highest BCUT2D eigenvalue weighted by Gasteiger charge is 2.19. The summed E-state index contributed by atoms with van der Waals surface area (Å²) < 4.78 is 27.4. The Balaban J connectivity index is 2.85. The van der Waals surface area contributed by atoms with E-state index in [0.29, 0.717) is 4.47 Å². The van der Waals surface area contributed by atoms with E-state index in [9.17, 15) is 8.78 Å². The van der Waals surface area contributed by atoms with Crippen molar-refractivity contribution in [3.8, 4) is 0 Å². The molecule has 0 spiro atoms. The van der Waals surface area contributed by atoms with Gasteiger partial charge in [0.05, 0.1) is 10.2 Å². The molecule has 0 saturated carbocycles. The molecule has 0 unspecified atom stereocenters. The van der Waals surface area contributed by atoms with Crippen LogP contribution in [0.15, 0.2) is 28.7 Å². The van der Waals surface area contributed by atoms with Gasteiger partial charge in [-0.3, -0.25) is 0 Å². The van der Waals surface area contributed by atoms with Gasteiger partial charge in [0, 0.05) is 18.0 Å². The Kier molecular flexibility index (Phi) is 2.31. The third kappa shape index (κ3) is 1.25. The van der Waals surface area contributed by atoms with E-state index in [1.165, 1.54) is 4.57 Å². The minimum atomic E-state index is -2.46. The maximum absolute atomic E-state index is 12.7. The molecule has 0 N–H and O–H groups in total. The molecule has 2 rings (SSSR count). The Hall–Kier alpha value is -0.900. The van der Waals surface area contributed by atoms with Gasteiger partial charge in [-0.05, 0) is 22.0 Å². The molecule has 2 aromatic rings. The Bertz CT molecular complexity index is 437. The van der Waals surface area contributed by atoms with Crippen LogP contribution in [0, 0.1) is 0 Å². The first-order valence-corrected chi connectivity index (χ1v) is 4.93. The number of rotatable bonds is 1. The van der Waals surface area contributed by atoms with Crippen molar-refractivity contribution in [3.05, 3.63) is 34.4 Å². The number of aromatic nitrogens is 1. The Morgan fingerprint density at radius 2 is 1.93 bits per heavy atom. The predicted octanol–water partition coefficient (Wildman–Crippen LogP) is 3.88. The molecule has 1 aromatic carbocycles. The van der Waals surface area contributed by atoms with Crippen molar-refractivity contribution in [1.29, 1.82) is 0 Å². The molecule has 0 bridgehead atoms. The molecule has 0 saturated heterocycles. The predicted molar refractivity (Wildman–Crippen MR) is 55.6 cm³/mol. The van der Waals surface area contributed by atoms with Gasteiger partial charge >= 0.3 is 0 Å². The number of para-hydroxylation sites is 1. The van der Waals surface area contributed by atoms with E-state index in [4.69, 9.17) is 0 Å². The number of benzene rings is 1. The van der Waals surface area contributed by atoms with E-state index in [0.717, 1.165) is 10.9 Å². The lowest BCUT2D eigenvalue weighted by atomic mass is 10.2. The first-order chi connectivity index (χ1) is 6.63. The van der Waals surface area contributed by atoms with Gasteiger partial charge in [0.15, 0.2) is 0 Å². The molecular weight excluding hydrogens is 252 g/mol. The molecule has 0 amide bonds. The van der Waals surface area contributed by atoms with Crippen LogP contribution < -0.4 is 0 Å². The number of hydrogen-bond acceptors (Lipinski definition) is 0. The van der Waals surface area contributed by atoms with E-state index in [1.54, 1.807) is 7.05 Å². The maximum Gasteiger partial charge on any atom is 0.279 e. The van der Waals surface area contributed by atoms with Crippen LogP contribution in [0.1, 0.15) is 12.1 Å². The number of nitrogens with zero attached hydrogens (tertiary/aromatic N) is 1. The molecule has 0 aliphatic carbocycles. The summed E-state index contributed by atoms with van der Waals surface area (Å²) in [6.07, 6.45) is -2.46. The zero-order valence-electron chi connectivity index (χ0n) is 7.47. The van der Waals surface area contributed by atoms with E-state index in [-0.39, 0.29) is 5.69 Å². The van der Waals surface area contributed by atoms with Crippen molar-refractivity contribution in [1.82, 2.24) is 4.57 Å². The van der Waals surface area contributed by atoms with Gasteiger partial charge < -0.3 is 4.57 Å². The molecule has 1 aromatic heterocycles. The van der Waals surface area contributed by atoms with Gasteiger partial charge in [0.2, 0.25) is 0 Å². The molecule has 0 atom stereocenters. The lowest BCUT2D eigenvalue weighted by Crippen LogP contribution is -1.96. The number of halogens is 3. The highest BCUT2D eigenvalue weighted by atomic mass is 79.9. The standard InChI is InChI=1S/C10H8BrF2N/c1-14-7-5-3-2-4-6(7)8(11)9(14)10(12)13/h2-5,10H,1H3. The smallest absolute Gasteiger partial charge is 0.279 e. The highest BCUT2D eigenvalue weighted by molar-refractivity contribution is 9.10. The number of alkyl halides is 2. The van der Waals surface area contributed by atoms with Crippen LogP contribution in [0.5, 0.6) is 0 Å². The van der Waals surface area contributed by atoms with E-state index in [2.05, 4.69) is 15.9 Å². The van der Waals surface area contributed by atoms with Crippen LogP contribution in [0.4, 0.5) is 8.78 Å². The fourth-order valence-electron chi connectivity index (χ4n) is 1.61. The fourth-order valence-corrected chi connectivity index (χ4v) is 2.38. The van der Waals surface area contributed by atoms with E-state index < -0.39 is 6.43 Å². The summed E-state index contributed by atoms with van der Waals surface area (Å²) in [6, 6.07) is 7.32. The summed E-state index contributed by atoms with van der Waals surface area (Å²) in [5, 5.41) is 0.824. The lowest BCUT2D eigenvalue weighted by Gasteiger charge is -2.02. The summed E-state index contributed by atoms with van der Waals surface area (Å²) >= 11 is 3.20. The van der Waals surface area contributed by atoms with Gasteiger partial charge in [0.25, 0.3) is 6.43 Å². The number of fused-ring (bicyclic) bond motifs is 1. The molecule has 14 heavy (non-hydrogen) atoms.